The molecule has 1 heterocycles. The molecule has 0 N–H and O–H groups in total. The summed E-state index contributed by atoms with van der Waals surface area (Å²) in [5, 5.41) is 5.18. The number of benzene rings is 2. The fraction of sp³-hybridized carbons (Fsp3) is 0.217. The van der Waals surface area contributed by atoms with Crippen LogP contribution in [0.25, 0.3) is 0 Å². The lowest BCUT2D eigenvalue weighted by atomic mass is 9.85. The van der Waals surface area contributed by atoms with Crippen LogP contribution in [0.2, 0.25) is 0 Å². The van der Waals surface area contributed by atoms with Gasteiger partial charge in [0.1, 0.15) is 0 Å². The van der Waals surface area contributed by atoms with E-state index in [1.165, 1.54) is 6.21 Å². The van der Waals surface area contributed by atoms with Crippen LogP contribution in [0.5, 0.6) is 5.75 Å². The van der Waals surface area contributed by atoms with Gasteiger partial charge < -0.3 is 4.74 Å². The number of ether oxygens (including phenoxy) is 1. The monoisotopic (exact) mass is 542 g/mol. The molecule has 2 bridgehead atoms. The number of amides is 2. The summed E-state index contributed by atoms with van der Waals surface area (Å²) in [4.78, 5) is 38.2. The minimum Gasteiger partial charge on any atom is -0.421 e. The molecule has 2 aromatic rings. The molecule has 0 spiro atoms. The summed E-state index contributed by atoms with van der Waals surface area (Å²) < 4.78 is 6.86. The van der Waals surface area contributed by atoms with Gasteiger partial charge in [0.15, 0.2) is 5.75 Å². The Morgan fingerprint density at radius 2 is 1.68 bits per heavy atom. The Morgan fingerprint density at radius 1 is 1.03 bits per heavy atom. The molecule has 0 unspecified atom stereocenters. The van der Waals surface area contributed by atoms with Crippen molar-refractivity contribution in [3.05, 3.63) is 74.7 Å². The molecule has 6 nitrogen and oxygen atoms in total. The normalized spacial score (nSPS) is 26.2. The maximum absolute atomic E-state index is 12.8. The number of hydrazone groups is 1. The minimum atomic E-state index is -0.524. The highest BCUT2D eigenvalue weighted by Crippen LogP contribution is 2.52. The lowest BCUT2D eigenvalue weighted by molar-refractivity contribution is -0.140. The SMILES string of the molecule is O=C(Oc1c(Br)cc(Br)cc1C=NN1C(=O)[C@@H]2[C@H](C1=O)[C@H]1C=C[C@H]2C1)c1ccccc1. The Morgan fingerprint density at radius 3 is 2.32 bits per heavy atom. The van der Waals surface area contributed by atoms with Gasteiger partial charge in [-0.25, -0.2) is 4.79 Å². The van der Waals surface area contributed by atoms with Crippen LogP contribution < -0.4 is 4.74 Å². The standard InChI is InChI=1S/C23H16Br2N2O4/c24-16-9-15(20(17(25)10-16)31-23(30)12-4-2-1-3-5-12)11-26-27-21(28)18-13-6-7-14(8-13)19(18)22(27)29/h1-7,9-11,13-14,18-19H,8H2/t13-,14-,18-,19+/m0/s1. The molecule has 156 valence electrons. The first-order chi connectivity index (χ1) is 14.9. The fourth-order valence-electron chi connectivity index (χ4n) is 4.63. The van der Waals surface area contributed by atoms with Crippen molar-refractivity contribution in [3.63, 3.8) is 0 Å². The van der Waals surface area contributed by atoms with Crippen LogP contribution in [0.3, 0.4) is 0 Å². The van der Waals surface area contributed by atoms with Crippen LogP contribution in [-0.2, 0) is 9.59 Å². The largest absolute Gasteiger partial charge is 0.421 e. The van der Waals surface area contributed by atoms with Crippen LogP contribution in [-0.4, -0.2) is 29.0 Å². The first kappa shape index (κ1) is 20.3. The van der Waals surface area contributed by atoms with Gasteiger partial charge in [-0.1, -0.05) is 46.3 Å². The molecule has 31 heavy (non-hydrogen) atoms. The van der Waals surface area contributed by atoms with E-state index in [0.29, 0.717) is 15.6 Å². The van der Waals surface area contributed by atoms with Gasteiger partial charge in [-0.2, -0.15) is 10.1 Å². The van der Waals surface area contributed by atoms with Gasteiger partial charge in [-0.15, -0.1) is 0 Å². The number of carbonyl (C=O) groups is 3. The third-order valence-corrected chi connectivity index (χ3v) is 7.05. The molecule has 0 radical (unpaired) electrons. The highest BCUT2D eigenvalue weighted by molar-refractivity contribution is 9.11. The van der Waals surface area contributed by atoms with E-state index in [4.69, 9.17) is 4.74 Å². The maximum Gasteiger partial charge on any atom is 0.343 e. The number of halogens is 2. The summed E-state index contributed by atoms with van der Waals surface area (Å²) in [6.07, 6.45) is 6.32. The van der Waals surface area contributed by atoms with Crippen molar-refractivity contribution >= 4 is 55.9 Å². The summed E-state index contributed by atoms with van der Waals surface area (Å²) in [5.41, 5.74) is 0.852. The van der Waals surface area contributed by atoms with Crippen molar-refractivity contribution in [2.75, 3.05) is 0 Å². The molecule has 2 aromatic carbocycles. The Balaban J connectivity index is 1.43. The molecule has 2 fully saturated rings. The van der Waals surface area contributed by atoms with Gasteiger partial charge >= 0.3 is 5.97 Å². The molecule has 4 atom stereocenters. The average molecular weight is 544 g/mol. The lowest BCUT2D eigenvalue weighted by Gasteiger charge is -2.13. The van der Waals surface area contributed by atoms with Gasteiger partial charge in [0.25, 0.3) is 11.8 Å². The van der Waals surface area contributed by atoms with E-state index < -0.39 is 5.97 Å². The van der Waals surface area contributed by atoms with E-state index in [-0.39, 0.29) is 41.2 Å². The molecule has 1 saturated carbocycles. The molecule has 1 aliphatic heterocycles. The van der Waals surface area contributed by atoms with Crippen LogP contribution in [0.15, 0.2) is 68.7 Å². The van der Waals surface area contributed by atoms with Crippen LogP contribution in [0.4, 0.5) is 0 Å². The van der Waals surface area contributed by atoms with Gasteiger partial charge in [-0.05, 0) is 58.5 Å². The predicted molar refractivity (Wildman–Crippen MR) is 120 cm³/mol. The Hall–Kier alpha value is -2.58. The number of imide groups is 1. The number of rotatable bonds is 4. The number of allylic oxidation sites excluding steroid dienone is 2. The van der Waals surface area contributed by atoms with E-state index in [1.54, 1.807) is 36.4 Å². The summed E-state index contributed by atoms with van der Waals surface area (Å²) in [6, 6.07) is 12.1. The number of hydrogen-bond acceptors (Lipinski definition) is 5. The van der Waals surface area contributed by atoms with Gasteiger partial charge in [0.2, 0.25) is 0 Å². The van der Waals surface area contributed by atoms with Crippen LogP contribution >= 0.6 is 31.9 Å². The van der Waals surface area contributed by atoms with Crippen molar-refractivity contribution in [1.82, 2.24) is 5.01 Å². The first-order valence-electron chi connectivity index (χ1n) is 9.80. The number of nitrogens with zero attached hydrogens (tertiary/aromatic N) is 2. The van der Waals surface area contributed by atoms with Crippen molar-refractivity contribution in [2.24, 2.45) is 28.8 Å². The van der Waals surface area contributed by atoms with Crippen molar-refractivity contribution in [3.8, 4) is 5.75 Å². The van der Waals surface area contributed by atoms with Crippen LogP contribution in [0.1, 0.15) is 22.3 Å². The molecule has 0 aromatic heterocycles. The third-order valence-electron chi connectivity index (χ3n) is 6.00. The van der Waals surface area contributed by atoms with E-state index in [1.807, 2.05) is 18.2 Å². The second-order valence-electron chi connectivity index (χ2n) is 7.79. The summed E-state index contributed by atoms with van der Waals surface area (Å²) >= 11 is 6.83. The van der Waals surface area contributed by atoms with Crippen molar-refractivity contribution in [2.45, 2.75) is 6.42 Å². The second kappa shape index (κ2) is 7.84. The number of fused-ring (bicyclic) bond motifs is 5. The van der Waals surface area contributed by atoms with E-state index in [0.717, 1.165) is 15.9 Å². The second-order valence-corrected chi connectivity index (χ2v) is 9.56. The number of carbonyl (C=O) groups excluding carboxylic acids is 3. The zero-order valence-corrected chi connectivity index (χ0v) is 19.2. The Kier molecular flexibility index (Phi) is 5.14. The number of esters is 1. The zero-order chi connectivity index (χ0) is 21.7. The highest BCUT2D eigenvalue weighted by atomic mass is 79.9. The van der Waals surface area contributed by atoms with Crippen LogP contribution in [0, 0.1) is 23.7 Å². The smallest absolute Gasteiger partial charge is 0.343 e. The van der Waals surface area contributed by atoms with Gasteiger partial charge in [0.05, 0.1) is 28.1 Å². The molecule has 2 aliphatic carbocycles. The van der Waals surface area contributed by atoms with Gasteiger partial charge in [0, 0.05) is 10.0 Å². The van der Waals surface area contributed by atoms with Gasteiger partial charge in [-0.3, -0.25) is 9.59 Å². The van der Waals surface area contributed by atoms with Crippen molar-refractivity contribution < 1.29 is 19.1 Å². The molecular formula is C23H16Br2N2O4. The molecular weight excluding hydrogens is 528 g/mol. The molecule has 8 heteroatoms. The van der Waals surface area contributed by atoms with E-state index in [9.17, 15) is 14.4 Å². The topological polar surface area (TPSA) is 76.0 Å². The Labute approximate surface area is 195 Å². The number of hydrogen-bond donors (Lipinski definition) is 0. The molecule has 2 amide bonds. The highest BCUT2D eigenvalue weighted by Gasteiger charge is 2.59. The van der Waals surface area contributed by atoms with E-state index >= 15 is 0 Å². The average Bonchev–Trinajstić information content (AvgIpc) is 3.43. The Bertz CT molecular complexity index is 1130. The fourth-order valence-corrected chi connectivity index (χ4v) is 5.97. The quantitative estimate of drug-likeness (QED) is 0.186. The summed E-state index contributed by atoms with van der Waals surface area (Å²) in [7, 11) is 0. The summed E-state index contributed by atoms with van der Waals surface area (Å²) in [6.45, 7) is 0. The molecule has 5 rings (SSSR count). The summed E-state index contributed by atoms with van der Waals surface area (Å²) in [5.74, 6) is -1.19. The third kappa shape index (κ3) is 3.47. The molecule has 3 aliphatic rings. The predicted octanol–water partition coefficient (Wildman–Crippen LogP) is 4.57. The first-order valence-corrected chi connectivity index (χ1v) is 11.4. The van der Waals surface area contributed by atoms with Crippen molar-refractivity contribution in [1.29, 1.82) is 0 Å². The van der Waals surface area contributed by atoms with E-state index in [2.05, 4.69) is 37.0 Å². The minimum absolute atomic E-state index is 0.119. The molecule has 1 saturated heterocycles. The zero-order valence-electron chi connectivity index (χ0n) is 16.1. The lowest BCUT2D eigenvalue weighted by Crippen LogP contribution is -2.28. The maximum atomic E-state index is 12.8.